The first-order valence-corrected chi connectivity index (χ1v) is 5.14. The van der Waals surface area contributed by atoms with Crippen molar-refractivity contribution in [1.29, 1.82) is 0 Å². The number of nitrogen functional groups attached to an aromatic ring is 1. The van der Waals surface area contributed by atoms with Crippen molar-refractivity contribution in [2.75, 3.05) is 5.73 Å². The maximum Gasteiger partial charge on any atom is 0.130 e. The first kappa shape index (κ1) is 10.5. The van der Waals surface area contributed by atoms with Crippen LogP contribution in [0.3, 0.4) is 0 Å². The highest BCUT2D eigenvalue weighted by molar-refractivity contribution is 5.50. The van der Waals surface area contributed by atoms with E-state index in [-0.39, 0.29) is 0 Å². The fraction of sp³-hybridized carbons (Fsp3) is 0.154. The van der Waals surface area contributed by atoms with Gasteiger partial charge in [-0.05, 0) is 30.7 Å². The molecule has 1 aromatic carbocycles. The molecule has 82 valence electrons. The predicted molar refractivity (Wildman–Crippen MR) is 64.2 cm³/mol. The Kier molecular flexibility index (Phi) is 3.05. The second-order valence-electron chi connectivity index (χ2n) is 3.63. The van der Waals surface area contributed by atoms with E-state index >= 15 is 0 Å². The quantitative estimate of drug-likeness (QED) is 0.799. The summed E-state index contributed by atoms with van der Waals surface area (Å²) >= 11 is 0. The van der Waals surface area contributed by atoms with Crippen molar-refractivity contribution in [3.8, 4) is 5.75 Å². The molecule has 0 bridgehead atoms. The van der Waals surface area contributed by atoms with Crippen molar-refractivity contribution < 1.29 is 4.74 Å². The van der Waals surface area contributed by atoms with Crippen LogP contribution >= 0.6 is 0 Å². The third-order valence-corrected chi connectivity index (χ3v) is 2.36. The number of anilines is 1. The molecular weight excluding hydrogens is 200 g/mol. The summed E-state index contributed by atoms with van der Waals surface area (Å²) in [6, 6.07) is 11.4. The topological polar surface area (TPSA) is 48.1 Å². The fourth-order valence-corrected chi connectivity index (χ4v) is 1.35. The van der Waals surface area contributed by atoms with Gasteiger partial charge >= 0.3 is 0 Å². The lowest BCUT2D eigenvalue weighted by Crippen LogP contribution is -1.98. The minimum atomic E-state index is 0.462. The minimum absolute atomic E-state index is 0.462. The maximum absolute atomic E-state index is 5.79. The molecule has 2 rings (SSSR count). The number of aromatic nitrogens is 1. The van der Waals surface area contributed by atoms with E-state index in [0.717, 1.165) is 22.7 Å². The molecule has 1 heterocycles. The van der Waals surface area contributed by atoms with Crippen molar-refractivity contribution >= 4 is 5.69 Å². The van der Waals surface area contributed by atoms with Gasteiger partial charge in [0.2, 0.25) is 0 Å². The third-order valence-electron chi connectivity index (χ3n) is 2.36. The van der Waals surface area contributed by atoms with Crippen molar-refractivity contribution in [3.05, 3.63) is 53.9 Å². The van der Waals surface area contributed by atoms with E-state index in [1.165, 1.54) is 0 Å². The summed E-state index contributed by atoms with van der Waals surface area (Å²) in [5.41, 5.74) is 8.51. The smallest absolute Gasteiger partial charge is 0.130 e. The van der Waals surface area contributed by atoms with Gasteiger partial charge in [0, 0.05) is 18.0 Å². The van der Waals surface area contributed by atoms with E-state index in [4.69, 9.17) is 10.5 Å². The largest absolute Gasteiger partial charge is 0.487 e. The first-order valence-electron chi connectivity index (χ1n) is 5.14. The van der Waals surface area contributed by atoms with Crippen LogP contribution in [0.5, 0.6) is 5.75 Å². The second-order valence-corrected chi connectivity index (χ2v) is 3.63. The monoisotopic (exact) mass is 214 g/mol. The van der Waals surface area contributed by atoms with Crippen LogP contribution in [0.25, 0.3) is 0 Å². The van der Waals surface area contributed by atoms with Gasteiger partial charge in [-0.25, -0.2) is 0 Å². The summed E-state index contributed by atoms with van der Waals surface area (Å²) in [4.78, 5) is 4.18. The van der Waals surface area contributed by atoms with Gasteiger partial charge in [0.25, 0.3) is 0 Å². The van der Waals surface area contributed by atoms with Gasteiger partial charge in [-0.2, -0.15) is 0 Å². The van der Waals surface area contributed by atoms with E-state index in [1.807, 2.05) is 43.3 Å². The van der Waals surface area contributed by atoms with Crippen LogP contribution in [0.15, 0.2) is 42.6 Å². The van der Waals surface area contributed by atoms with Crippen LogP contribution in [0, 0.1) is 6.92 Å². The van der Waals surface area contributed by atoms with Gasteiger partial charge in [0.1, 0.15) is 12.4 Å². The fourth-order valence-electron chi connectivity index (χ4n) is 1.35. The molecular formula is C13H14N2O. The summed E-state index contributed by atoms with van der Waals surface area (Å²) < 4.78 is 5.59. The summed E-state index contributed by atoms with van der Waals surface area (Å²) in [6.45, 7) is 2.43. The molecule has 16 heavy (non-hydrogen) atoms. The van der Waals surface area contributed by atoms with Crippen molar-refractivity contribution in [1.82, 2.24) is 4.98 Å². The summed E-state index contributed by atoms with van der Waals surface area (Å²) in [6.07, 6.45) is 1.75. The van der Waals surface area contributed by atoms with E-state index in [9.17, 15) is 0 Å². The summed E-state index contributed by atoms with van der Waals surface area (Å²) in [7, 11) is 0. The van der Waals surface area contributed by atoms with Crippen LogP contribution in [-0.4, -0.2) is 4.98 Å². The Balaban J connectivity index is 2.03. The van der Waals surface area contributed by atoms with Gasteiger partial charge in [0.15, 0.2) is 0 Å². The Labute approximate surface area is 94.9 Å². The highest BCUT2D eigenvalue weighted by atomic mass is 16.5. The predicted octanol–water partition coefficient (Wildman–Crippen LogP) is 2.55. The molecule has 0 fully saturated rings. The first-order chi connectivity index (χ1) is 7.75. The number of nitrogens with two attached hydrogens (primary N) is 1. The Morgan fingerprint density at radius 1 is 1.25 bits per heavy atom. The van der Waals surface area contributed by atoms with Gasteiger partial charge in [-0.1, -0.05) is 12.1 Å². The molecule has 0 aliphatic heterocycles. The molecule has 0 radical (unpaired) electrons. The van der Waals surface area contributed by atoms with Crippen molar-refractivity contribution in [3.63, 3.8) is 0 Å². The highest BCUT2D eigenvalue weighted by Gasteiger charge is 1.99. The second kappa shape index (κ2) is 4.66. The Bertz CT molecular complexity index is 469. The molecule has 0 spiro atoms. The van der Waals surface area contributed by atoms with Crippen molar-refractivity contribution in [2.45, 2.75) is 13.5 Å². The van der Waals surface area contributed by atoms with Crippen LogP contribution in [0.4, 0.5) is 5.69 Å². The summed E-state index contributed by atoms with van der Waals surface area (Å²) in [5, 5.41) is 0. The van der Waals surface area contributed by atoms with Gasteiger partial charge < -0.3 is 10.5 Å². The number of pyridine rings is 1. The average Bonchev–Trinajstić information content (AvgIpc) is 2.32. The molecule has 2 N–H and O–H groups in total. The molecule has 0 saturated heterocycles. The van der Waals surface area contributed by atoms with Crippen LogP contribution in [0.1, 0.15) is 11.3 Å². The molecule has 0 amide bonds. The van der Waals surface area contributed by atoms with E-state index in [2.05, 4.69) is 4.98 Å². The van der Waals surface area contributed by atoms with Gasteiger partial charge in [-0.3, -0.25) is 4.98 Å². The number of rotatable bonds is 3. The minimum Gasteiger partial charge on any atom is -0.487 e. The molecule has 3 nitrogen and oxygen atoms in total. The number of hydrogen-bond donors (Lipinski definition) is 1. The Morgan fingerprint density at radius 3 is 2.81 bits per heavy atom. The Morgan fingerprint density at radius 2 is 2.12 bits per heavy atom. The molecule has 0 atom stereocenters. The zero-order chi connectivity index (χ0) is 11.4. The molecule has 0 unspecified atom stereocenters. The standard InChI is InChI=1S/C13H14N2O/c1-10-5-6-12(8-13(10)14)16-9-11-4-2-3-7-15-11/h2-8H,9,14H2,1H3. The maximum atomic E-state index is 5.79. The van der Waals surface area contributed by atoms with Crippen molar-refractivity contribution in [2.24, 2.45) is 0 Å². The molecule has 3 heteroatoms. The molecule has 0 aliphatic carbocycles. The van der Waals surface area contributed by atoms with Gasteiger partial charge in [-0.15, -0.1) is 0 Å². The molecule has 0 saturated carbocycles. The average molecular weight is 214 g/mol. The zero-order valence-corrected chi connectivity index (χ0v) is 9.18. The number of ether oxygens (including phenoxy) is 1. The lowest BCUT2D eigenvalue weighted by Gasteiger charge is -2.07. The highest BCUT2D eigenvalue weighted by Crippen LogP contribution is 2.19. The van der Waals surface area contributed by atoms with Crippen LogP contribution in [-0.2, 0) is 6.61 Å². The summed E-state index contributed by atoms with van der Waals surface area (Å²) in [5.74, 6) is 0.772. The normalized spacial score (nSPS) is 10.1. The van der Waals surface area contributed by atoms with E-state index in [0.29, 0.717) is 6.61 Å². The Hall–Kier alpha value is -2.03. The number of hydrogen-bond acceptors (Lipinski definition) is 3. The molecule has 0 aliphatic rings. The van der Waals surface area contributed by atoms with Gasteiger partial charge in [0.05, 0.1) is 5.69 Å². The molecule has 2 aromatic rings. The van der Waals surface area contributed by atoms with E-state index in [1.54, 1.807) is 6.20 Å². The van der Waals surface area contributed by atoms with E-state index < -0.39 is 0 Å². The number of nitrogens with zero attached hydrogens (tertiary/aromatic N) is 1. The zero-order valence-electron chi connectivity index (χ0n) is 9.18. The SMILES string of the molecule is Cc1ccc(OCc2ccccn2)cc1N. The lowest BCUT2D eigenvalue weighted by molar-refractivity contribution is 0.301. The number of benzene rings is 1. The third kappa shape index (κ3) is 2.51. The molecule has 1 aromatic heterocycles. The van der Waals surface area contributed by atoms with Crippen LogP contribution < -0.4 is 10.5 Å². The lowest BCUT2D eigenvalue weighted by atomic mass is 10.2. The van der Waals surface area contributed by atoms with Crippen LogP contribution in [0.2, 0.25) is 0 Å². The number of aryl methyl sites for hydroxylation is 1.